The van der Waals surface area contributed by atoms with Crippen LogP contribution in [0.25, 0.3) is 22.2 Å². The first-order valence-electron chi connectivity index (χ1n) is 10.4. The predicted octanol–water partition coefficient (Wildman–Crippen LogP) is 3.72. The average molecular weight is 493 g/mol. The van der Waals surface area contributed by atoms with Gasteiger partial charge < -0.3 is 15.8 Å². The molecule has 1 atom stereocenters. The van der Waals surface area contributed by atoms with Crippen LogP contribution in [0.1, 0.15) is 28.8 Å². The number of benzene rings is 2. The lowest BCUT2D eigenvalue weighted by molar-refractivity contribution is 0.0859. The molecule has 4 aromatic rings. The van der Waals surface area contributed by atoms with Crippen LogP contribution in [0.15, 0.2) is 58.1 Å². The van der Waals surface area contributed by atoms with E-state index in [1.807, 2.05) is 48.5 Å². The van der Waals surface area contributed by atoms with Gasteiger partial charge in [-0.2, -0.15) is 9.78 Å². The standard InChI is InChI=1S/C23H21BrN6O2/c24-15-6-3-5-14(11-15)12-27-30-21(25)19(23(31)26-13-16-7-4-10-32-16)20-22(30)29-18-9-2-1-8-17(18)28-20/h1-3,5-6,8-9,11-12,16H,4,7,10,13,25H2,(H,26,31)/b27-12+. The zero-order valence-electron chi connectivity index (χ0n) is 17.2. The molecule has 3 N–H and O–H groups in total. The normalized spacial score (nSPS) is 16.3. The fourth-order valence-corrected chi connectivity index (χ4v) is 4.22. The molecule has 1 saturated heterocycles. The number of ether oxygens (including phenoxy) is 1. The van der Waals surface area contributed by atoms with Crippen molar-refractivity contribution in [2.24, 2.45) is 5.10 Å². The minimum absolute atomic E-state index is 0.0231. The van der Waals surface area contributed by atoms with Gasteiger partial charge in [0.2, 0.25) is 0 Å². The molecule has 2 aromatic carbocycles. The molecule has 32 heavy (non-hydrogen) atoms. The van der Waals surface area contributed by atoms with E-state index in [1.54, 1.807) is 6.21 Å². The molecule has 1 fully saturated rings. The molecule has 1 aliphatic rings. The van der Waals surface area contributed by atoms with Crippen LogP contribution in [0.3, 0.4) is 0 Å². The molecule has 8 nitrogen and oxygen atoms in total. The van der Waals surface area contributed by atoms with Gasteiger partial charge in [-0.25, -0.2) is 9.97 Å². The van der Waals surface area contributed by atoms with Crippen LogP contribution in [0, 0.1) is 0 Å². The second kappa shape index (κ2) is 8.68. The molecule has 1 unspecified atom stereocenters. The maximum absolute atomic E-state index is 13.1. The minimum Gasteiger partial charge on any atom is -0.383 e. The number of carbonyl (C=O) groups excluding carboxylic acids is 1. The maximum Gasteiger partial charge on any atom is 0.257 e. The van der Waals surface area contributed by atoms with Crippen LogP contribution in [0.2, 0.25) is 0 Å². The van der Waals surface area contributed by atoms with E-state index < -0.39 is 0 Å². The van der Waals surface area contributed by atoms with Crippen LogP contribution in [-0.4, -0.2) is 46.0 Å². The molecule has 1 aliphatic heterocycles. The monoisotopic (exact) mass is 492 g/mol. The molecule has 162 valence electrons. The van der Waals surface area contributed by atoms with E-state index in [9.17, 15) is 4.79 Å². The van der Waals surface area contributed by atoms with Gasteiger partial charge >= 0.3 is 0 Å². The Labute approximate surface area is 192 Å². The van der Waals surface area contributed by atoms with E-state index in [4.69, 9.17) is 20.4 Å². The smallest absolute Gasteiger partial charge is 0.257 e. The predicted molar refractivity (Wildman–Crippen MR) is 128 cm³/mol. The Kier molecular flexibility index (Phi) is 5.59. The molecular formula is C23H21BrN6O2. The number of anilines is 1. The number of rotatable bonds is 5. The van der Waals surface area contributed by atoms with Gasteiger partial charge in [0.15, 0.2) is 5.65 Å². The van der Waals surface area contributed by atoms with Crippen molar-refractivity contribution in [2.75, 3.05) is 18.9 Å². The summed E-state index contributed by atoms with van der Waals surface area (Å²) >= 11 is 3.46. The Hall–Kier alpha value is -3.30. The van der Waals surface area contributed by atoms with Crippen molar-refractivity contribution in [1.82, 2.24) is 20.0 Å². The van der Waals surface area contributed by atoms with Gasteiger partial charge in [0, 0.05) is 17.6 Å². The van der Waals surface area contributed by atoms with Gasteiger partial charge in [-0.05, 0) is 42.7 Å². The number of para-hydroxylation sites is 2. The van der Waals surface area contributed by atoms with Crippen LogP contribution in [0.4, 0.5) is 5.82 Å². The highest BCUT2D eigenvalue weighted by Gasteiger charge is 2.25. The third-order valence-corrected chi connectivity index (χ3v) is 5.88. The molecule has 0 spiro atoms. The Morgan fingerprint density at radius 2 is 2.06 bits per heavy atom. The number of amides is 1. The summed E-state index contributed by atoms with van der Waals surface area (Å²) in [6.07, 6.45) is 3.63. The Morgan fingerprint density at radius 3 is 2.81 bits per heavy atom. The summed E-state index contributed by atoms with van der Waals surface area (Å²) in [6.45, 7) is 1.15. The van der Waals surface area contributed by atoms with Crippen molar-refractivity contribution >= 4 is 56.1 Å². The topological polar surface area (TPSA) is 107 Å². The maximum atomic E-state index is 13.1. The summed E-state index contributed by atoms with van der Waals surface area (Å²) < 4.78 is 8.02. The molecule has 1 amide bonds. The number of halogens is 1. The van der Waals surface area contributed by atoms with Gasteiger partial charge in [0.1, 0.15) is 16.9 Å². The lowest BCUT2D eigenvalue weighted by Crippen LogP contribution is -2.32. The fraction of sp³-hybridized carbons (Fsp3) is 0.217. The van der Waals surface area contributed by atoms with Crippen LogP contribution < -0.4 is 11.1 Å². The number of nitrogen functional groups attached to an aromatic ring is 1. The highest BCUT2D eigenvalue weighted by molar-refractivity contribution is 9.10. The highest BCUT2D eigenvalue weighted by Crippen LogP contribution is 2.28. The van der Waals surface area contributed by atoms with Crippen molar-refractivity contribution in [3.63, 3.8) is 0 Å². The van der Waals surface area contributed by atoms with Gasteiger partial charge in [0.25, 0.3) is 5.91 Å². The third-order valence-electron chi connectivity index (χ3n) is 5.39. The number of carbonyl (C=O) groups is 1. The van der Waals surface area contributed by atoms with Gasteiger partial charge in [-0.3, -0.25) is 4.79 Å². The van der Waals surface area contributed by atoms with Crippen LogP contribution in [0.5, 0.6) is 0 Å². The Bertz CT molecular complexity index is 1340. The first-order chi connectivity index (χ1) is 15.6. The second-order valence-electron chi connectivity index (χ2n) is 7.60. The van der Waals surface area contributed by atoms with E-state index in [-0.39, 0.29) is 23.4 Å². The lowest BCUT2D eigenvalue weighted by atomic mass is 10.2. The fourth-order valence-electron chi connectivity index (χ4n) is 3.80. The summed E-state index contributed by atoms with van der Waals surface area (Å²) in [4.78, 5) is 22.5. The first kappa shape index (κ1) is 20.6. The molecular weight excluding hydrogens is 472 g/mol. The molecule has 5 rings (SSSR count). The number of aromatic nitrogens is 3. The van der Waals surface area contributed by atoms with Crippen molar-refractivity contribution in [3.05, 3.63) is 64.1 Å². The number of nitrogens with zero attached hydrogens (tertiary/aromatic N) is 4. The van der Waals surface area contributed by atoms with Crippen molar-refractivity contribution in [2.45, 2.75) is 18.9 Å². The number of hydrogen-bond donors (Lipinski definition) is 2. The van der Waals surface area contributed by atoms with E-state index >= 15 is 0 Å². The summed E-state index contributed by atoms with van der Waals surface area (Å²) in [5.41, 5.74) is 9.78. The molecule has 0 aliphatic carbocycles. The average Bonchev–Trinajstić information content (AvgIpc) is 3.40. The van der Waals surface area contributed by atoms with Gasteiger partial charge in [-0.1, -0.05) is 40.2 Å². The molecule has 9 heteroatoms. The van der Waals surface area contributed by atoms with Crippen molar-refractivity contribution in [3.8, 4) is 0 Å². The van der Waals surface area contributed by atoms with E-state index in [0.29, 0.717) is 28.7 Å². The minimum atomic E-state index is -0.316. The molecule has 0 radical (unpaired) electrons. The number of fused-ring (bicyclic) bond motifs is 2. The molecule has 2 aromatic heterocycles. The summed E-state index contributed by atoms with van der Waals surface area (Å²) in [5, 5.41) is 7.46. The Morgan fingerprint density at radius 1 is 1.25 bits per heavy atom. The largest absolute Gasteiger partial charge is 0.383 e. The van der Waals surface area contributed by atoms with E-state index in [2.05, 4.69) is 26.3 Å². The van der Waals surface area contributed by atoms with Crippen molar-refractivity contribution in [1.29, 1.82) is 0 Å². The summed E-state index contributed by atoms with van der Waals surface area (Å²) in [5.74, 6) is -0.129. The lowest BCUT2D eigenvalue weighted by Gasteiger charge is -2.10. The quantitative estimate of drug-likeness (QED) is 0.412. The summed E-state index contributed by atoms with van der Waals surface area (Å²) in [7, 11) is 0. The SMILES string of the molecule is Nc1c(C(=O)NCC2CCCO2)c2nc3ccccc3nc2n1/N=C/c1cccc(Br)c1. The second-order valence-corrected chi connectivity index (χ2v) is 8.52. The third kappa shape index (κ3) is 3.96. The van der Waals surface area contributed by atoms with Crippen LogP contribution >= 0.6 is 15.9 Å². The molecule has 0 saturated carbocycles. The summed E-state index contributed by atoms with van der Waals surface area (Å²) in [6, 6.07) is 15.2. The zero-order valence-corrected chi connectivity index (χ0v) is 18.7. The van der Waals surface area contributed by atoms with E-state index in [0.717, 1.165) is 29.5 Å². The number of nitrogens with one attached hydrogen (secondary N) is 1. The number of hydrogen-bond acceptors (Lipinski definition) is 6. The van der Waals surface area contributed by atoms with Gasteiger partial charge in [-0.15, -0.1) is 0 Å². The van der Waals surface area contributed by atoms with Crippen LogP contribution in [-0.2, 0) is 4.74 Å². The zero-order chi connectivity index (χ0) is 22.1. The molecule has 3 heterocycles. The first-order valence-corrected chi connectivity index (χ1v) is 11.2. The Balaban J connectivity index is 1.59. The molecule has 0 bridgehead atoms. The highest BCUT2D eigenvalue weighted by atomic mass is 79.9. The van der Waals surface area contributed by atoms with Crippen molar-refractivity contribution < 1.29 is 9.53 Å². The van der Waals surface area contributed by atoms with Gasteiger partial charge in [0.05, 0.1) is 23.4 Å². The van der Waals surface area contributed by atoms with E-state index in [1.165, 1.54) is 4.68 Å². The number of nitrogens with two attached hydrogens (primary N) is 1.